The highest BCUT2D eigenvalue weighted by molar-refractivity contribution is 5.98. The lowest BCUT2D eigenvalue weighted by molar-refractivity contribution is 0.0948. The van der Waals surface area contributed by atoms with Crippen LogP contribution in [-0.2, 0) is 13.6 Å². The number of nitrogen functional groups attached to an aromatic ring is 1. The molecule has 2 aromatic rings. The lowest BCUT2D eigenvalue weighted by Gasteiger charge is -2.01. The normalized spacial score (nSPS) is 10.6. The third kappa shape index (κ3) is 2.20. The van der Waals surface area contributed by atoms with Gasteiger partial charge < -0.3 is 15.5 Å². The van der Waals surface area contributed by atoms with Gasteiger partial charge in [0.2, 0.25) is 5.89 Å². The van der Waals surface area contributed by atoms with Gasteiger partial charge in [0.15, 0.2) is 0 Å². The highest BCUT2D eigenvalue weighted by Crippen LogP contribution is 2.10. The van der Waals surface area contributed by atoms with Crippen molar-refractivity contribution < 1.29 is 9.21 Å². The van der Waals surface area contributed by atoms with Crippen LogP contribution < -0.4 is 11.1 Å². The fourth-order valence-electron chi connectivity index (χ4n) is 1.49. The molecule has 0 aliphatic heterocycles. The second kappa shape index (κ2) is 4.52. The number of aryl methyl sites for hydroxylation is 3. The highest BCUT2D eigenvalue weighted by Gasteiger charge is 2.14. The van der Waals surface area contributed by atoms with Crippen LogP contribution in [0, 0.1) is 13.8 Å². The van der Waals surface area contributed by atoms with Crippen LogP contribution in [0.5, 0.6) is 0 Å². The second-order valence-electron chi connectivity index (χ2n) is 4.00. The first-order valence-electron chi connectivity index (χ1n) is 5.47. The Labute approximate surface area is 104 Å². The number of rotatable bonds is 3. The molecule has 0 aliphatic rings. The molecule has 2 rings (SSSR count). The number of amides is 1. The van der Waals surface area contributed by atoms with Crippen molar-refractivity contribution >= 4 is 11.7 Å². The molecule has 2 aromatic heterocycles. The first kappa shape index (κ1) is 12.2. The van der Waals surface area contributed by atoms with Crippen LogP contribution in [0.2, 0.25) is 0 Å². The predicted molar refractivity (Wildman–Crippen MR) is 64.8 cm³/mol. The Hall–Kier alpha value is -2.31. The molecule has 0 aliphatic carbocycles. The van der Waals surface area contributed by atoms with Crippen LogP contribution in [0.4, 0.5) is 5.82 Å². The number of nitrogens with zero attached hydrogens (tertiary/aromatic N) is 3. The zero-order valence-electron chi connectivity index (χ0n) is 10.5. The molecule has 7 heteroatoms. The zero-order chi connectivity index (χ0) is 13.3. The van der Waals surface area contributed by atoms with Crippen molar-refractivity contribution in [2.24, 2.45) is 7.05 Å². The van der Waals surface area contributed by atoms with Crippen molar-refractivity contribution in [2.45, 2.75) is 20.4 Å². The Bertz CT molecular complexity index is 565. The number of anilines is 1. The number of hydrogen-bond donors (Lipinski definition) is 2. The summed E-state index contributed by atoms with van der Waals surface area (Å²) in [6.45, 7) is 3.90. The maximum absolute atomic E-state index is 11.8. The second-order valence-corrected chi connectivity index (χ2v) is 4.00. The summed E-state index contributed by atoms with van der Waals surface area (Å²) >= 11 is 0. The average molecular weight is 249 g/mol. The lowest BCUT2D eigenvalue weighted by atomic mass is 10.3. The highest BCUT2D eigenvalue weighted by atomic mass is 16.4. The third-order valence-electron chi connectivity index (χ3n) is 2.70. The quantitative estimate of drug-likeness (QED) is 0.827. The van der Waals surface area contributed by atoms with Crippen molar-refractivity contribution in [3.8, 4) is 0 Å². The molecule has 18 heavy (non-hydrogen) atoms. The van der Waals surface area contributed by atoms with Gasteiger partial charge in [-0.25, -0.2) is 4.98 Å². The maximum Gasteiger partial charge on any atom is 0.257 e. The summed E-state index contributed by atoms with van der Waals surface area (Å²) < 4.78 is 6.80. The van der Waals surface area contributed by atoms with E-state index in [9.17, 15) is 4.79 Å². The van der Waals surface area contributed by atoms with Gasteiger partial charge in [0.25, 0.3) is 5.91 Å². The van der Waals surface area contributed by atoms with Crippen LogP contribution in [0.25, 0.3) is 0 Å². The van der Waals surface area contributed by atoms with Crippen molar-refractivity contribution in [1.29, 1.82) is 0 Å². The number of hydrogen-bond acceptors (Lipinski definition) is 5. The van der Waals surface area contributed by atoms with E-state index in [0.29, 0.717) is 17.3 Å². The largest absolute Gasteiger partial charge is 0.444 e. The van der Waals surface area contributed by atoms with Crippen LogP contribution in [0.3, 0.4) is 0 Å². The molecule has 0 unspecified atom stereocenters. The summed E-state index contributed by atoms with van der Waals surface area (Å²) in [5.41, 5.74) is 6.87. The van der Waals surface area contributed by atoms with Gasteiger partial charge in [-0.3, -0.25) is 9.48 Å². The van der Waals surface area contributed by atoms with Gasteiger partial charge in [-0.1, -0.05) is 0 Å². The van der Waals surface area contributed by atoms with Crippen molar-refractivity contribution in [2.75, 3.05) is 5.73 Å². The summed E-state index contributed by atoms with van der Waals surface area (Å²) in [6, 6.07) is 0. The van der Waals surface area contributed by atoms with Gasteiger partial charge in [-0.05, 0) is 13.8 Å². The van der Waals surface area contributed by atoms with Gasteiger partial charge >= 0.3 is 0 Å². The molecule has 7 nitrogen and oxygen atoms in total. The Morgan fingerprint density at radius 1 is 1.56 bits per heavy atom. The number of oxazole rings is 1. The fourth-order valence-corrected chi connectivity index (χ4v) is 1.49. The van der Waals surface area contributed by atoms with E-state index in [1.807, 2.05) is 13.8 Å². The van der Waals surface area contributed by atoms with E-state index >= 15 is 0 Å². The molecule has 2 heterocycles. The number of carbonyl (C=O) groups excluding carboxylic acids is 1. The van der Waals surface area contributed by atoms with Crippen molar-refractivity contribution in [1.82, 2.24) is 20.1 Å². The maximum atomic E-state index is 11.8. The van der Waals surface area contributed by atoms with E-state index in [1.54, 1.807) is 7.05 Å². The average Bonchev–Trinajstić information content (AvgIpc) is 2.82. The van der Waals surface area contributed by atoms with Crippen LogP contribution in [0.1, 0.15) is 27.7 Å². The number of aromatic nitrogens is 3. The smallest absolute Gasteiger partial charge is 0.257 e. The molecule has 0 saturated heterocycles. The van der Waals surface area contributed by atoms with Gasteiger partial charge in [0, 0.05) is 7.05 Å². The number of carbonyl (C=O) groups is 1. The minimum absolute atomic E-state index is 0.224. The van der Waals surface area contributed by atoms with E-state index < -0.39 is 0 Å². The Morgan fingerprint density at radius 3 is 2.78 bits per heavy atom. The monoisotopic (exact) mass is 249 g/mol. The minimum Gasteiger partial charge on any atom is -0.444 e. The minimum atomic E-state index is -0.297. The molecule has 0 bridgehead atoms. The summed E-state index contributed by atoms with van der Waals surface area (Å²) in [6.07, 6.45) is 1.43. The van der Waals surface area contributed by atoms with E-state index in [1.165, 1.54) is 10.9 Å². The van der Waals surface area contributed by atoms with Crippen molar-refractivity contribution in [3.63, 3.8) is 0 Å². The van der Waals surface area contributed by atoms with E-state index in [-0.39, 0.29) is 12.5 Å². The van der Waals surface area contributed by atoms with Crippen LogP contribution >= 0.6 is 0 Å². The molecule has 0 fully saturated rings. The summed E-state index contributed by atoms with van der Waals surface area (Å²) in [7, 11) is 1.67. The first-order valence-corrected chi connectivity index (χ1v) is 5.47. The zero-order valence-corrected chi connectivity index (χ0v) is 10.5. The topological polar surface area (TPSA) is 99.0 Å². The Balaban J connectivity index is 2.02. The van der Waals surface area contributed by atoms with Gasteiger partial charge in [0.05, 0.1) is 18.4 Å². The first-order chi connectivity index (χ1) is 8.49. The molecule has 0 spiro atoms. The Kier molecular flexibility index (Phi) is 3.05. The summed E-state index contributed by atoms with van der Waals surface area (Å²) in [5.74, 6) is 1.25. The number of nitrogens with one attached hydrogen (secondary N) is 1. The lowest BCUT2D eigenvalue weighted by Crippen LogP contribution is -2.23. The Morgan fingerprint density at radius 2 is 2.28 bits per heavy atom. The predicted octanol–water partition coefficient (Wildman–Crippen LogP) is 0.537. The molecule has 0 atom stereocenters. The molecule has 3 N–H and O–H groups in total. The standard InChI is InChI=1S/C11H15N5O2/c1-6-7(2)18-9(15-6)5-13-11(17)8-4-14-16(3)10(8)12/h4H,5,12H2,1-3H3,(H,13,17). The molecule has 1 amide bonds. The van der Waals surface area contributed by atoms with E-state index in [2.05, 4.69) is 15.4 Å². The van der Waals surface area contributed by atoms with Gasteiger partial charge in [-0.2, -0.15) is 5.10 Å². The number of nitrogens with two attached hydrogens (primary N) is 1. The fraction of sp³-hybridized carbons (Fsp3) is 0.364. The van der Waals surface area contributed by atoms with Gasteiger partial charge in [0.1, 0.15) is 17.1 Å². The summed E-state index contributed by atoms with van der Waals surface area (Å²) in [4.78, 5) is 16.0. The van der Waals surface area contributed by atoms with Crippen LogP contribution in [-0.4, -0.2) is 20.7 Å². The molecule has 0 radical (unpaired) electrons. The molecular weight excluding hydrogens is 234 g/mol. The summed E-state index contributed by atoms with van der Waals surface area (Å²) in [5, 5.41) is 6.58. The van der Waals surface area contributed by atoms with Gasteiger partial charge in [-0.15, -0.1) is 0 Å². The molecule has 0 aromatic carbocycles. The third-order valence-corrected chi connectivity index (χ3v) is 2.70. The SMILES string of the molecule is Cc1nc(CNC(=O)c2cnn(C)c2N)oc1C. The molecule has 0 saturated carbocycles. The van der Waals surface area contributed by atoms with Crippen LogP contribution in [0.15, 0.2) is 10.6 Å². The van der Waals surface area contributed by atoms with E-state index in [4.69, 9.17) is 10.2 Å². The van der Waals surface area contributed by atoms with E-state index in [0.717, 1.165) is 11.5 Å². The van der Waals surface area contributed by atoms with Crippen molar-refractivity contribution in [3.05, 3.63) is 29.1 Å². The molecular formula is C11H15N5O2. The molecule has 96 valence electrons.